The van der Waals surface area contributed by atoms with Gasteiger partial charge in [0.2, 0.25) is 0 Å². The fourth-order valence-electron chi connectivity index (χ4n) is 3.86. The highest BCUT2D eigenvalue weighted by Crippen LogP contribution is 2.40. The summed E-state index contributed by atoms with van der Waals surface area (Å²) in [5.41, 5.74) is 0.430. The molecule has 0 spiro atoms. The van der Waals surface area contributed by atoms with Gasteiger partial charge in [-0.15, -0.1) is 0 Å². The van der Waals surface area contributed by atoms with E-state index < -0.39 is 0 Å². The van der Waals surface area contributed by atoms with Crippen LogP contribution in [0.15, 0.2) is 0 Å². The molecule has 3 heteroatoms. The molecule has 2 atom stereocenters. The van der Waals surface area contributed by atoms with E-state index in [1.54, 1.807) is 0 Å². The summed E-state index contributed by atoms with van der Waals surface area (Å²) in [4.78, 5) is 2.48. The van der Waals surface area contributed by atoms with E-state index >= 15 is 0 Å². The highest BCUT2D eigenvalue weighted by atomic mass is 16.3. The summed E-state index contributed by atoms with van der Waals surface area (Å²) >= 11 is 0. The number of aliphatic hydroxyl groups excluding tert-OH is 1. The summed E-state index contributed by atoms with van der Waals surface area (Å²) in [5.74, 6) is 0.855. The molecule has 0 aromatic rings. The van der Waals surface area contributed by atoms with Gasteiger partial charge in [0.1, 0.15) is 0 Å². The maximum absolute atomic E-state index is 9.32. The molecule has 2 aliphatic carbocycles. The molecule has 2 aliphatic rings. The Kier molecular flexibility index (Phi) is 5.88. The molecule has 0 aromatic carbocycles. The van der Waals surface area contributed by atoms with Crippen molar-refractivity contribution >= 4 is 0 Å². The molecule has 0 heterocycles. The minimum Gasteiger partial charge on any atom is -0.395 e. The molecular weight excluding hydrogens is 248 g/mol. The van der Waals surface area contributed by atoms with Gasteiger partial charge in [-0.2, -0.15) is 0 Å². The van der Waals surface area contributed by atoms with E-state index in [9.17, 15) is 5.11 Å². The average molecular weight is 282 g/mol. The molecule has 0 aromatic heterocycles. The topological polar surface area (TPSA) is 35.5 Å². The number of nitrogens with one attached hydrogen (secondary N) is 1. The zero-order valence-corrected chi connectivity index (χ0v) is 13.7. The molecule has 0 bridgehead atoms. The Morgan fingerprint density at radius 3 is 2.60 bits per heavy atom. The number of hydrogen-bond acceptors (Lipinski definition) is 3. The molecule has 0 radical (unpaired) electrons. The van der Waals surface area contributed by atoms with Crippen molar-refractivity contribution in [3.05, 3.63) is 0 Å². The normalized spacial score (nSPS) is 31.2. The first kappa shape index (κ1) is 16.3. The minimum absolute atomic E-state index is 0.278. The highest BCUT2D eigenvalue weighted by Gasteiger charge is 2.38. The average Bonchev–Trinajstić information content (AvgIpc) is 3.20. The summed E-state index contributed by atoms with van der Waals surface area (Å²) in [6.45, 7) is 10.3. The standard InChI is InChI=1S/C17H34N2O/c1-14(2)19(9-10-20)13-17(12-18-16-6-7-16)8-4-5-15(3)11-17/h14-16,18,20H,4-13H2,1-3H3. The Hall–Kier alpha value is -0.120. The van der Waals surface area contributed by atoms with Crippen LogP contribution in [0.3, 0.4) is 0 Å². The lowest BCUT2D eigenvalue weighted by molar-refractivity contribution is 0.0545. The fourth-order valence-corrected chi connectivity index (χ4v) is 3.86. The highest BCUT2D eigenvalue weighted by molar-refractivity contribution is 4.93. The second kappa shape index (κ2) is 7.24. The molecule has 20 heavy (non-hydrogen) atoms. The van der Waals surface area contributed by atoms with Crippen LogP contribution in [0.1, 0.15) is 59.3 Å². The van der Waals surface area contributed by atoms with Gasteiger partial charge in [0.25, 0.3) is 0 Å². The lowest BCUT2D eigenvalue weighted by Crippen LogP contribution is -2.49. The Morgan fingerprint density at radius 1 is 1.30 bits per heavy atom. The second-order valence-corrected chi connectivity index (χ2v) is 7.64. The monoisotopic (exact) mass is 282 g/mol. The van der Waals surface area contributed by atoms with Gasteiger partial charge in [0.05, 0.1) is 6.61 Å². The Morgan fingerprint density at radius 2 is 2.05 bits per heavy atom. The molecule has 2 N–H and O–H groups in total. The van der Waals surface area contributed by atoms with Gasteiger partial charge in [0.15, 0.2) is 0 Å². The molecule has 0 amide bonds. The van der Waals surface area contributed by atoms with Gasteiger partial charge in [-0.25, -0.2) is 0 Å². The van der Waals surface area contributed by atoms with Crippen LogP contribution < -0.4 is 5.32 Å². The Labute approximate surface area is 125 Å². The molecule has 2 rings (SSSR count). The fraction of sp³-hybridized carbons (Fsp3) is 1.00. The third kappa shape index (κ3) is 4.71. The van der Waals surface area contributed by atoms with Gasteiger partial charge < -0.3 is 10.4 Å². The largest absolute Gasteiger partial charge is 0.395 e. The van der Waals surface area contributed by atoms with Crippen molar-refractivity contribution in [3.8, 4) is 0 Å². The first-order valence-electron chi connectivity index (χ1n) is 8.63. The van der Waals surface area contributed by atoms with Crippen LogP contribution in [0.2, 0.25) is 0 Å². The van der Waals surface area contributed by atoms with Gasteiger partial charge in [-0.05, 0) is 50.9 Å². The molecule has 0 aliphatic heterocycles. The van der Waals surface area contributed by atoms with Gasteiger partial charge in [-0.3, -0.25) is 4.90 Å². The predicted octanol–water partition coefficient (Wildman–Crippen LogP) is 2.64. The van der Waals surface area contributed by atoms with E-state index in [1.807, 2.05) is 0 Å². The Bertz CT molecular complexity index is 291. The summed E-state index contributed by atoms with van der Waals surface area (Å²) in [7, 11) is 0. The van der Waals surface area contributed by atoms with Crippen molar-refractivity contribution in [2.45, 2.75) is 71.4 Å². The van der Waals surface area contributed by atoms with Crippen molar-refractivity contribution in [1.29, 1.82) is 0 Å². The summed E-state index contributed by atoms with van der Waals surface area (Å²) in [6, 6.07) is 1.33. The summed E-state index contributed by atoms with van der Waals surface area (Å²) in [5, 5.41) is 13.1. The summed E-state index contributed by atoms with van der Waals surface area (Å²) < 4.78 is 0. The van der Waals surface area contributed by atoms with E-state index in [0.717, 1.165) is 25.0 Å². The molecule has 2 unspecified atom stereocenters. The minimum atomic E-state index is 0.278. The number of rotatable bonds is 8. The van der Waals surface area contributed by atoms with E-state index in [1.165, 1.54) is 45.1 Å². The van der Waals surface area contributed by atoms with Gasteiger partial charge >= 0.3 is 0 Å². The van der Waals surface area contributed by atoms with Crippen molar-refractivity contribution in [3.63, 3.8) is 0 Å². The molecule has 2 saturated carbocycles. The van der Waals surface area contributed by atoms with Gasteiger partial charge in [-0.1, -0.05) is 19.8 Å². The van der Waals surface area contributed by atoms with Crippen LogP contribution >= 0.6 is 0 Å². The van der Waals surface area contributed by atoms with Gasteiger partial charge in [0, 0.05) is 31.7 Å². The zero-order valence-electron chi connectivity index (χ0n) is 13.7. The smallest absolute Gasteiger partial charge is 0.0558 e. The lowest BCUT2D eigenvalue weighted by atomic mass is 9.69. The maximum atomic E-state index is 9.32. The van der Waals surface area contributed by atoms with Crippen molar-refractivity contribution < 1.29 is 5.11 Å². The van der Waals surface area contributed by atoms with Crippen molar-refractivity contribution in [2.24, 2.45) is 11.3 Å². The van der Waals surface area contributed by atoms with Crippen LogP contribution in [0.4, 0.5) is 0 Å². The van der Waals surface area contributed by atoms with Crippen LogP contribution in [-0.4, -0.2) is 48.3 Å². The van der Waals surface area contributed by atoms with Crippen molar-refractivity contribution in [1.82, 2.24) is 10.2 Å². The Balaban J connectivity index is 1.99. The van der Waals surface area contributed by atoms with E-state index in [0.29, 0.717) is 11.5 Å². The van der Waals surface area contributed by atoms with Crippen LogP contribution in [0.25, 0.3) is 0 Å². The third-order valence-corrected chi connectivity index (χ3v) is 5.18. The lowest BCUT2D eigenvalue weighted by Gasteiger charge is -2.44. The summed E-state index contributed by atoms with van der Waals surface area (Å²) in [6.07, 6.45) is 8.21. The quantitative estimate of drug-likeness (QED) is 0.718. The SMILES string of the molecule is CC1CCCC(CNC2CC2)(CN(CCO)C(C)C)C1. The first-order chi connectivity index (χ1) is 9.54. The van der Waals surface area contributed by atoms with E-state index in [4.69, 9.17) is 0 Å². The molecular formula is C17H34N2O. The molecule has 0 saturated heterocycles. The number of nitrogens with zero attached hydrogens (tertiary/aromatic N) is 1. The van der Waals surface area contributed by atoms with Crippen molar-refractivity contribution in [2.75, 3.05) is 26.2 Å². The molecule has 3 nitrogen and oxygen atoms in total. The first-order valence-corrected chi connectivity index (χ1v) is 8.63. The number of aliphatic hydroxyl groups is 1. The molecule has 2 fully saturated rings. The maximum Gasteiger partial charge on any atom is 0.0558 e. The predicted molar refractivity (Wildman–Crippen MR) is 84.9 cm³/mol. The third-order valence-electron chi connectivity index (χ3n) is 5.18. The second-order valence-electron chi connectivity index (χ2n) is 7.64. The van der Waals surface area contributed by atoms with E-state index in [-0.39, 0.29) is 6.61 Å². The van der Waals surface area contributed by atoms with Crippen LogP contribution in [0.5, 0.6) is 0 Å². The van der Waals surface area contributed by atoms with Crippen LogP contribution in [-0.2, 0) is 0 Å². The number of hydrogen-bond donors (Lipinski definition) is 2. The van der Waals surface area contributed by atoms with E-state index in [2.05, 4.69) is 31.0 Å². The van der Waals surface area contributed by atoms with Crippen LogP contribution in [0, 0.1) is 11.3 Å². The molecule has 118 valence electrons. The zero-order chi connectivity index (χ0) is 14.6.